The average Bonchev–Trinajstić information content (AvgIpc) is 2.93. The standard InChI is InChI=1S/C12H15N3O2S/c1-9-6-14-15(8-9)4-3-13-7-10-2-5-18-11(10)12(16)17/h2,5-6,8,13H,3-4,7H2,1H3,(H,16,17). The third-order valence-corrected chi connectivity index (χ3v) is 3.48. The first-order valence-electron chi connectivity index (χ1n) is 5.66. The highest BCUT2D eigenvalue weighted by molar-refractivity contribution is 7.12. The molecule has 2 heterocycles. The lowest BCUT2D eigenvalue weighted by Crippen LogP contribution is -2.20. The van der Waals surface area contributed by atoms with E-state index in [1.54, 1.807) is 5.38 Å². The molecule has 2 rings (SSSR count). The fourth-order valence-electron chi connectivity index (χ4n) is 1.67. The van der Waals surface area contributed by atoms with Crippen LogP contribution in [0.4, 0.5) is 0 Å². The summed E-state index contributed by atoms with van der Waals surface area (Å²) in [7, 11) is 0. The van der Waals surface area contributed by atoms with Crippen LogP contribution in [-0.2, 0) is 13.1 Å². The number of rotatable bonds is 6. The summed E-state index contributed by atoms with van der Waals surface area (Å²) in [4.78, 5) is 11.3. The second-order valence-electron chi connectivity index (χ2n) is 4.04. The number of carboxylic acids is 1. The van der Waals surface area contributed by atoms with Crippen LogP contribution in [0.15, 0.2) is 23.8 Å². The maximum absolute atomic E-state index is 10.9. The largest absolute Gasteiger partial charge is 0.477 e. The summed E-state index contributed by atoms with van der Waals surface area (Å²) in [6, 6.07) is 1.85. The minimum Gasteiger partial charge on any atom is -0.477 e. The first-order chi connectivity index (χ1) is 8.66. The lowest BCUT2D eigenvalue weighted by Gasteiger charge is -2.04. The number of hydrogen-bond donors (Lipinski definition) is 2. The summed E-state index contributed by atoms with van der Waals surface area (Å²) in [5, 5.41) is 18.2. The predicted octanol–water partition coefficient (Wildman–Crippen LogP) is 1.74. The van der Waals surface area contributed by atoms with E-state index in [-0.39, 0.29) is 0 Å². The number of hydrogen-bond acceptors (Lipinski definition) is 4. The van der Waals surface area contributed by atoms with Gasteiger partial charge in [0.05, 0.1) is 12.7 Å². The van der Waals surface area contributed by atoms with Crippen molar-refractivity contribution in [3.05, 3.63) is 39.8 Å². The third-order valence-electron chi connectivity index (χ3n) is 2.54. The molecule has 18 heavy (non-hydrogen) atoms. The topological polar surface area (TPSA) is 67.2 Å². The molecule has 0 unspecified atom stereocenters. The molecule has 0 saturated carbocycles. The van der Waals surface area contributed by atoms with Crippen molar-refractivity contribution in [2.24, 2.45) is 0 Å². The first kappa shape index (κ1) is 12.8. The van der Waals surface area contributed by atoms with Gasteiger partial charge in [0.1, 0.15) is 4.88 Å². The smallest absolute Gasteiger partial charge is 0.346 e. The minimum atomic E-state index is -0.857. The van der Waals surface area contributed by atoms with E-state index in [1.165, 1.54) is 11.3 Å². The number of thiophene rings is 1. The fraction of sp³-hybridized carbons (Fsp3) is 0.333. The Balaban J connectivity index is 1.78. The lowest BCUT2D eigenvalue weighted by molar-refractivity contribution is 0.0701. The molecule has 0 fully saturated rings. The molecular weight excluding hydrogens is 250 g/mol. The molecule has 5 nitrogen and oxygen atoms in total. The van der Waals surface area contributed by atoms with Crippen molar-refractivity contribution < 1.29 is 9.90 Å². The summed E-state index contributed by atoms with van der Waals surface area (Å²) in [5.41, 5.74) is 1.98. The van der Waals surface area contributed by atoms with Gasteiger partial charge in [-0.1, -0.05) is 0 Å². The van der Waals surface area contributed by atoms with Gasteiger partial charge in [0.2, 0.25) is 0 Å². The van der Waals surface area contributed by atoms with Gasteiger partial charge >= 0.3 is 5.97 Å². The maximum atomic E-state index is 10.9. The van der Waals surface area contributed by atoms with Crippen molar-refractivity contribution in [1.29, 1.82) is 0 Å². The zero-order chi connectivity index (χ0) is 13.0. The number of nitrogens with one attached hydrogen (secondary N) is 1. The molecule has 0 radical (unpaired) electrons. The highest BCUT2D eigenvalue weighted by Crippen LogP contribution is 2.16. The highest BCUT2D eigenvalue weighted by atomic mass is 32.1. The fourth-order valence-corrected chi connectivity index (χ4v) is 2.43. The lowest BCUT2D eigenvalue weighted by atomic mass is 10.2. The van der Waals surface area contributed by atoms with Gasteiger partial charge in [0.15, 0.2) is 0 Å². The molecule has 0 atom stereocenters. The Labute approximate surface area is 109 Å². The van der Waals surface area contributed by atoms with Crippen molar-refractivity contribution in [3.8, 4) is 0 Å². The molecule has 0 aliphatic carbocycles. The van der Waals surface area contributed by atoms with Gasteiger partial charge in [-0.2, -0.15) is 5.10 Å². The van der Waals surface area contributed by atoms with Crippen molar-refractivity contribution in [1.82, 2.24) is 15.1 Å². The van der Waals surface area contributed by atoms with Crippen LogP contribution < -0.4 is 5.32 Å². The second-order valence-corrected chi connectivity index (χ2v) is 4.95. The van der Waals surface area contributed by atoms with E-state index in [4.69, 9.17) is 5.11 Å². The SMILES string of the molecule is Cc1cnn(CCNCc2ccsc2C(=O)O)c1. The summed E-state index contributed by atoms with van der Waals surface area (Å²) in [6.07, 6.45) is 3.80. The Morgan fingerprint density at radius 1 is 1.61 bits per heavy atom. The summed E-state index contributed by atoms with van der Waals surface area (Å²) >= 11 is 1.26. The molecule has 0 amide bonds. The van der Waals surface area contributed by atoms with E-state index in [0.29, 0.717) is 11.4 Å². The van der Waals surface area contributed by atoms with Gasteiger partial charge in [-0.15, -0.1) is 11.3 Å². The van der Waals surface area contributed by atoms with Gasteiger partial charge in [-0.25, -0.2) is 4.79 Å². The van der Waals surface area contributed by atoms with Crippen molar-refractivity contribution >= 4 is 17.3 Å². The van der Waals surface area contributed by atoms with Crippen LogP contribution in [0.1, 0.15) is 20.8 Å². The van der Waals surface area contributed by atoms with Gasteiger partial charge in [-0.3, -0.25) is 4.68 Å². The Bertz CT molecular complexity index is 533. The Morgan fingerprint density at radius 3 is 3.11 bits per heavy atom. The molecule has 2 aromatic heterocycles. The molecular formula is C12H15N3O2S. The first-order valence-corrected chi connectivity index (χ1v) is 6.54. The van der Waals surface area contributed by atoms with Gasteiger partial charge in [0, 0.05) is 19.3 Å². The van der Waals surface area contributed by atoms with Crippen LogP contribution in [-0.4, -0.2) is 27.4 Å². The highest BCUT2D eigenvalue weighted by Gasteiger charge is 2.10. The van der Waals surface area contributed by atoms with Crippen LogP contribution in [0.5, 0.6) is 0 Å². The molecule has 6 heteroatoms. The molecule has 0 bridgehead atoms. The van der Waals surface area contributed by atoms with Crippen LogP contribution >= 0.6 is 11.3 Å². The predicted molar refractivity (Wildman–Crippen MR) is 69.9 cm³/mol. The number of carboxylic acid groups (broad SMARTS) is 1. The molecule has 0 spiro atoms. The zero-order valence-electron chi connectivity index (χ0n) is 10.1. The molecule has 0 aliphatic heterocycles. The van der Waals surface area contributed by atoms with Crippen molar-refractivity contribution in [3.63, 3.8) is 0 Å². The maximum Gasteiger partial charge on any atom is 0.346 e. The molecule has 96 valence electrons. The van der Waals surface area contributed by atoms with Crippen LogP contribution in [0.2, 0.25) is 0 Å². The van der Waals surface area contributed by atoms with Gasteiger partial charge < -0.3 is 10.4 Å². The zero-order valence-corrected chi connectivity index (χ0v) is 10.9. The molecule has 0 aliphatic rings. The number of aromatic carboxylic acids is 1. The summed E-state index contributed by atoms with van der Waals surface area (Å²) in [6.45, 7) is 4.11. The molecule has 0 saturated heterocycles. The van der Waals surface area contributed by atoms with E-state index in [9.17, 15) is 4.79 Å². The molecule has 2 aromatic rings. The van der Waals surface area contributed by atoms with Crippen LogP contribution in [0, 0.1) is 6.92 Å². The summed E-state index contributed by atoms with van der Waals surface area (Å²) < 4.78 is 1.87. The normalized spacial score (nSPS) is 10.7. The van der Waals surface area contributed by atoms with E-state index in [2.05, 4.69) is 10.4 Å². The second kappa shape index (κ2) is 5.79. The Hall–Kier alpha value is -1.66. The quantitative estimate of drug-likeness (QED) is 0.781. The van der Waals surface area contributed by atoms with Crippen molar-refractivity contribution in [2.75, 3.05) is 6.54 Å². The van der Waals surface area contributed by atoms with E-state index < -0.39 is 5.97 Å². The van der Waals surface area contributed by atoms with Crippen molar-refractivity contribution in [2.45, 2.75) is 20.0 Å². The summed E-state index contributed by atoms with van der Waals surface area (Å²) in [5.74, 6) is -0.857. The van der Waals surface area contributed by atoms with E-state index in [1.807, 2.05) is 30.1 Å². The monoisotopic (exact) mass is 265 g/mol. The number of aryl methyl sites for hydroxylation is 1. The third kappa shape index (κ3) is 3.18. The number of carbonyl (C=O) groups is 1. The Kier molecular flexibility index (Phi) is 4.11. The molecule has 2 N–H and O–H groups in total. The average molecular weight is 265 g/mol. The molecule has 0 aromatic carbocycles. The Morgan fingerprint density at radius 2 is 2.44 bits per heavy atom. The van der Waals surface area contributed by atoms with Crippen LogP contribution in [0.25, 0.3) is 0 Å². The van der Waals surface area contributed by atoms with Crippen LogP contribution in [0.3, 0.4) is 0 Å². The minimum absolute atomic E-state index is 0.414. The number of aromatic nitrogens is 2. The van der Waals surface area contributed by atoms with Gasteiger partial charge in [0.25, 0.3) is 0 Å². The van der Waals surface area contributed by atoms with E-state index in [0.717, 1.165) is 24.2 Å². The number of nitrogens with zero attached hydrogens (tertiary/aromatic N) is 2. The van der Waals surface area contributed by atoms with E-state index >= 15 is 0 Å². The van der Waals surface area contributed by atoms with Gasteiger partial charge in [-0.05, 0) is 29.5 Å².